The van der Waals surface area contributed by atoms with Gasteiger partial charge in [-0.3, -0.25) is 4.90 Å². The summed E-state index contributed by atoms with van der Waals surface area (Å²) in [5.74, 6) is 0. The van der Waals surface area contributed by atoms with E-state index in [1.165, 1.54) is 16.7 Å². The van der Waals surface area contributed by atoms with Gasteiger partial charge in [0.15, 0.2) is 0 Å². The van der Waals surface area contributed by atoms with E-state index in [-0.39, 0.29) is 11.1 Å². The van der Waals surface area contributed by atoms with Gasteiger partial charge < -0.3 is 0 Å². The van der Waals surface area contributed by atoms with Gasteiger partial charge in [0.1, 0.15) is 0 Å². The second kappa shape index (κ2) is 6.94. The van der Waals surface area contributed by atoms with Gasteiger partial charge in [-0.05, 0) is 69.9 Å². The van der Waals surface area contributed by atoms with Crippen LogP contribution in [0.1, 0.15) is 58.2 Å². The minimum atomic E-state index is 0.116. The van der Waals surface area contributed by atoms with Gasteiger partial charge >= 0.3 is 0 Å². The fourth-order valence-electron chi connectivity index (χ4n) is 3.33. The topological polar surface area (TPSA) is 3.24 Å². The van der Waals surface area contributed by atoms with Crippen molar-refractivity contribution in [3.8, 4) is 0 Å². The van der Waals surface area contributed by atoms with Gasteiger partial charge in [-0.2, -0.15) is 0 Å². The zero-order valence-electron chi connectivity index (χ0n) is 16.1. The molecule has 0 radical (unpaired) electrons. The zero-order chi connectivity index (χ0) is 18.0. The molecule has 128 valence electrons. The number of hydrogen-bond donors (Lipinski definition) is 0. The highest BCUT2D eigenvalue weighted by Crippen LogP contribution is 2.28. The Morgan fingerprint density at radius 2 is 1.33 bits per heavy atom. The van der Waals surface area contributed by atoms with Crippen molar-refractivity contribution in [3.05, 3.63) is 77.9 Å². The lowest BCUT2D eigenvalue weighted by Gasteiger charge is -2.45. The predicted molar refractivity (Wildman–Crippen MR) is 106 cm³/mol. The molecule has 1 heteroatoms. The maximum absolute atomic E-state index is 4.30. The van der Waals surface area contributed by atoms with Gasteiger partial charge in [-0.15, -0.1) is 0 Å². The molecule has 0 amide bonds. The number of benzene rings is 2. The maximum atomic E-state index is 4.30. The first-order valence-corrected chi connectivity index (χ1v) is 8.70. The molecular weight excluding hydrogens is 290 g/mol. The van der Waals surface area contributed by atoms with E-state index < -0.39 is 0 Å². The highest BCUT2D eigenvalue weighted by molar-refractivity contribution is 5.78. The molecule has 0 fully saturated rings. The molecule has 2 aromatic carbocycles. The van der Waals surface area contributed by atoms with Crippen LogP contribution in [0.15, 0.2) is 61.2 Å². The van der Waals surface area contributed by atoms with Crippen LogP contribution in [0.4, 0.5) is 0 Å². The second-order valence-corrected chi connectivity index (χ2v) is 8.47. The Hall–Kier alpha value is -1.86. The summed E-state index contributed by atoms with van der Waals surface area (Å²) in [6, 6.07) is 19.2. The number of rotatable bonds is 4. The fourth-order valence-corrected chi connectivity index (χ4v) is 3.33. The largest absolute Gasteiger partial charge is 0.289 e. The summed E-state index contributed by atoms with van der Waals surface area (Å²) < 4.78 is 0. The average molecular weight is 322 g/mol. The van der Waals surface area contributed by atoms with E-state index >= 15 is 0 Å². The van der Waals surface area contributed by atoms with E-state index in [1.807, 2.05) is 6.07 Å². The van der Waals surface area contributed by atoms with E-state index in [0.29, 0.717) is 0 Å². The van der Waals surface area contributed by atoms with Crippen LogP contribution in [0.2, 0.25) is 0 Å². The van der Waals surface area contributed by atoms with Crippen molar-refractivity contribution >= 4 is 5.57 Å². The van der Waals surface area contributed by atoms with Crippen LogP contribution in [-0.2, 0) is 6.54 Å². The lowest BCUT2D eigenvalue weighted by atomic mass is 9.93. The molecule has 2 aromatic rings. The molecule has 24 heavy (non-hydrogen) atoms. The third-order valence-electron chi connectivity index (χ3n) is 4.36. The molecule has 0 N–H and O–H groups in total. The van der Waals surface area contributed by atoms with Gasteiger partial charge in [0, 0.05) is 17.6 Å². The van der Waals surface area contributed by atoms with Crippen LogP contribution in [0, 0.1) is 0 Å². The van der Waals surface area contributed by atoms with Gasteiger partial charge in [0.05, 0.1) is 0 Å². The summed E-state index contributed by atoms with van der Waals surface area (Å²) in [5, 5.41) is 0. The highest BCUT2D eigenvalue weighted by atomic mass is 15.2. The smallest absolute Gasteiger partial charge is 0.0244 e. The van der Waals surface area contributed by atoms with Gasteiger partial charge in [0.2, 0.25) is 0 Å². The minimum Gasteiger partial charge on any atom is -0.289 e. The molecule has 0 heterocycles. The third kappa shape index (κ3) is 4.58. The van der Waals surface area contributed by atoms with E-state index in [9.17, 15) is 0 Å². The summed E-state index contributed by atoms with van der Waals surface area (Å²) in [7, 11) is 0. The van der Waals surface area contributed by atoms with E-state index in [1.54, 1.807) is 0 Å². The lowest BCUT2D eigenvalue weighted by Crippen LogP contribution is -2.51. The second-order valence-electron chi connectivity index (χ2n) is 8.47. The monoisotopic (exact) mass is 321 g/mol. The molecule has 0 aliphatic rings. The highest BCUT2D eigenvalue weighted by Gasteiger charge is 2.31. The molecule has 1 nitrogen and oxygen atoms in total. The lowest BCUT2D eigenvalue weighted by molar-refractivity contribution is 0.0298. The van der Waals surface area contributed by atoms with Crippen LogP contribution < -0.4 is 0 Å². The maximum Gasteiger partial charge on any atom is 0.0244 e. The molecule has 0 atom stereocenters. The van der Waals surface area contributed by atoms with Crippen LogP contribution in [0.3, 0.4) is 0 Å². The Kier molecular flexibility index (Phi) is 5.35. The third-order valence-corrected chi connectivity index (χ3v) is 4.36. The van der Waals surface area contributed by atoms with E-state index in [2.05, 4.69) is 102 Å². The first-order valence-electron chi connectivity index (χ1n) is 8.70. The Morgan fingerprint density at radius 1 is 0.792 bits per heavy atom. The Bertz CT molecular complexity index is 670. The molecule has 0 aliphatic carbocycles. The number of hydrogen-bond acceptors (Lipinski definition) is 1. The molecule has 0 bridgehead atoms. The summed E-state index contributed by atoms with van der Waals surface area (Å²) in [5.41, 5.74) is 5.01. The molecule has 0 spiro atoms. The van der Waals surface area contributed by atoms with Crippen LogP contribution in [0.5, 0.6) is 0 Å². The normalized spacial score (nSPS) is 12.5. The molecule has 0 aromatic heterocycles. The van der Waals surface area contributed by atoms with Crippen molar-refractivity contribution in [1.82, 2.24) is 4.90 Å². The van der Waals surface area contributed by atoms with Gasteiger partial charge in [-0.1, -0.05) is 55.1 Å². The first-order chi connectivity index (χ1) is 11.1. The van der Waals surface area contributed by atoms with Gasteiger partial charge in [-0.25, -0.2) is 0 Å². The molecule has 0 saturated heterocycles. The number of nitrogens with zero attached hydrogens (tertiary/aromatic N) is 1. The van der Waals surface area contributed by atoms with Crippen molar-refractivity contribution in [2.75, 3.05) is 0 Å². The Labute approximate surface area is 148 Å². The zero-order valence-corrected chi connectivity index (χ0v) is 16.1. The van der Waals surface area contributed by atoms with Crippen molar-refractivity contribution < 1.29 is 0 Å². The fraction of sp³-hybridized carbons (Fsp3) is 0.391. The standard InChI is InChI=1S/C23H31N/c1-18(20-13-9-8-10-14-20)21-15-11-12-19(16-21)17-24(22(2,3)4)23(5,6)7/h8-16H,1,17H2,2-7H3. The van der Waals surface area contributed by atoms with Gasteiger partial charge in [0.25, 0.3) is 0 Å². The Morgan fingerprint density at radius 3 is 1.88 bits per heavy atom. The molecule has 0 unspecified atom stereocenters. The average Bonchev–Trinajstić information content (AvgIpc) is 2.51. The van der Waals surface area contributed by atoms with Crippen molar-refractivity contribution in [3.63, 3.8) is 0 Å². The summed E-state index contributed by atoms with van der Waals surface area (Å²) in [6.45, 7) is 18.9. The summed E-state index contributed by atoms with van der Waals surface area (Å²) in [4.78, 5) is 2.55. The van der Waals surface area contributed by atoms with E-state index in [0.717, 1.165) is 12.1 Å². The van der Waals surface area contributed by atoms with Crippen LogP contribution in [0.25, 0.3) is 5.57 Å². The quantitative estimate of drug-likeness (QED) is 0.653. The van der Waals surface area contributed by atoms with Crippen molar-refractivity contribution in [2.45, 2.75) is 59.2 Å². The van der Waals surface area contributed by atoms with Crippen molar-refractivity contribution in [1.29, 1.82) is 0 Å². The molecule has 2 rings (SSSR count). The van der Waals surface area contributed by atoms with E-state index in [4.69, 9.17) is 0 Å². The molecular formula is C23H31N. The summed E-state index contributed by atoms with van der Waals surface area (Å²) in [6.07, 6.45) is 0. The Balaban J connectivity index is 2.29. The SMILES string of the molecule is C=C(c1ccccc1)c1cccc(CN(C(C)(C)C)C(C)(C)C)c1. The first kappa shape index (κ1) is 18.5. The molecule has 0 saturated carbocycles. The molecule has 0 aliphatic heterocycles. The van der Waals surface area contributed by atoms with Crippen LogP contribution in [-0.4, -0.2) is 16.0 Å². The van der Waals surface area contributed by atoms with Crippen molar-refractivity contribution in [2.24, 2.45) is 0 Å². The van der Waals surface area contributed by atoms with Crippen LogP contribution >= 0.6 is 0 Å². The summed E-state index contributed by atoms with van der Waals surface area (Å²) >= 11 is 0. The predicted octanol–water partition coefficient (Wildman–Crippen LogP) is 6.15. The minimum absolute atomic E-state index is 0.116.